The first-order chi connectivity index (χ1) is 6.03. The van der Waals surface area contributed by atoms with Gasteiger partial charge in [0, 0.05) is 27.3 Å². The third-order valence-corrected chi connectivity index (χ3v) is 3.22. The number of hydrogen-bond donors (Lipinski definition) is 2. The van der Waals surface area contributed by atoms with E-state index in [0.717, 1.165) is 5.69 Å². The molecule has 1 unspecified atom stereocenters. The molecule has 0 aliphatic heterocycles. The molecule has 1 aromatic rings. The number of nitrogens with two attached hydrogens (primary N) is 1. The molecule has 0 heterocycles. The van der Waals surface area contributed by atoms with Gasteiger partial charge in [-0.25, -0.2) is 4.21 Å². The Morgan fingerprint density at radius 2 is 1.92 bits per heavy atom. The Kier molecular flexibility index (Phi) is 2.83. The predicted molar refractivity (Wildman–Crippen MR) is 60.3 cm³/mol. The zero-order valence-electron chi connectivity index (χ0n) is 7.78. The topological polar surface area (TPSA) is 55.1 Å². The van der Waals surface area contributed by atoms with Gasteiger partial charge in [-0.3, -0.25) is 0 Å². The van der Waals surface area contributed by atoms with Crippen LogP contribution >= 0.6 is 0 Å². The molecule has 4 heteroatoms. The average Bonchev–Trinajstić information content (AvgIpc) is 2.09. The van der Waals surface area contributed by atoms with Crippen molar-refractivity contribution < 1.29 is 4.21 Å². The number of benzene rings is 1. The van der Waals surface area contributed by atoms with Gasteiger partial charge < -0.3 is 10.5 Å². The second-order valence-electron chi connectivity index (χ2n) is 2.86. The molecule has 1 atom stereocenters. The zero-order valence-corrected chi connectivity index (χ0v) is 8.60. The number of hydrogen-bond acceptors (Lipinski definition) is 2. The highest BCUT2D eigenvalue weighted by Gasteiger charge is 1.96. The SMILES string of the molecule is CC=S(C)(=O)Nc1ccc(N)cc1. The molecule has 0 amide bonds. The van der Waals surface area contributed by atoms with Crippen LogP contribution in [0.5, 0.6) is 0 Å². The summed E-state index contributed by atoms with van der Waals surface area (Å²) in [4.78, 5) is 0. The summed E-state index contributed by atoms with van der Waals surface area (Å²) in [6.45, 7) is 1.77. The smallest absolute Gasteiger partial charge is 0.0458 e. The highest BCUT2D eigenvalue weighted by Crippen LogP contribution is 2.11. The second-order valence-corrected chi connectivity index (χ2v) is 5.35. The van der Waals surface area contributed by atoms with Crippen LogP contribution in [0.4, 0.5) is 11.4 Å². The van der Waals surface area contributed by atoms with Crippen LogP contribution in [0, 0.1) is 0 Å². The van der Waals surface area contributed by atoms with Crippen molar-refractivity contribution in [1.82, 2.24) is 0 Å². The molecule has 0 aliphatic carbocycles. The number of anilines is 2. The molecule has 0 bridgehead atoms. The summed E-state index contributed by atoms with van der Waals surface area (Å²) in [5.41, 5.74) is 7.04. The van der Waals surface area contributed by atoms with Crippen molar-refractivity contribution >= 4 is 26.5 Å². The Morgan fingerprint density at radius 1 is 1.38 bits per heavy atom. The molecular weight excluding hydrogens is 184 g/mol. The minimum Gasteiger partial charge on any atom is -0.399 e. The van der Waals surface area contributed by atoms with Crippen molar-refractivity contribution in [1.29, 1.82) is 0 Å². The summed E-state index contributed by atoms with van der Waals surface area (Å²) in [6.07, 6.45) is 1.66. The zero-order chi connectivity index (χ0) is 9.90. The van der Waals surface area contributed by atoms with Crippen molar-refractivity contribution in [3.8, 4) is 0 Å². The van der Waals surface area contributed by atoms with Crippen LogP contribution in [-0.4, -0.2) is 15.8 Å². The molecule has 0 saturated heterocycles. The molecule has 0 saturated carbocycles. The van der Waals surface area contributed by atoms with Gasteiger partial charge in [-0.15, -0.1) is 0 Å². The van der Waals surface area contributed by atoms with E-state index >= 15 is 0 Å². The summed E-state index contributed by atoms with van der Waals surface area (Å²) in [6, 6.07) is 7.16. The molecule has 1 rings (SSSR count). The van der Waals surface area contributed by atoms with Crippen LogP contribution in [-0.2, 0) is 9.71 Å². The summed E-state index contributed by atoms with van der Waals surface area (Å²) >= 11 is 0. The van der Waals surface area contributed by atoms with Gasteiger partial charge in [-0.05, 0) is 36.6 Å². The highest BCUT2D eigenvalue weighted by molar-refractivity contribution is 8.01. The van der Waals surface area contributed by atoms with Gasteiger partial charge in [0.1, 0.15) is 0 Å². The third-order valence-electron chi connectivity index (χ3n) is 1.68. The summed E-state index contributed by atoms with van der Waals surface area (Å²) in [5.74, 6) is 0. The van der Waals surface area contributed by atoms with Gasteiger partial charge in [0.05, 0.1) is 0 Å². The Bertz CT molecular complexity index is 389. The van der Waals surface area contributed by atoms with Crippen LogP contribution in [0.1, 0.15) is 6.92 Å². The van der Waals surface area contributed by atoms with E-state index in [2.05, 4.69) is 4.72 Å². The highest BCUT2D eigenvalue weighted by atomic mass is 32.2. The molecule has 0 radical (unpaired) electrons. The van der Waals surface area contributed by atoms with E-state index in [4.69, 9.17) is 5.73 Å². The fourth-order valence-electron chi connectivity index (χ4n) is 0.844. The minimum absolute atomic E-state index is 0.702. The lowest BCUT2D eigenvalue weighted by molar-refractivity contribution is 0.688. The fourth-order valence-corrected chi connectivity index (χ4v) is 1.57. The van der Waals surface area contributed by atoms with Gasteiger partial charge in [0.25, 0.3) is 0 Å². The lowest BCUT2D eigenvalue weighted by Crippen LogP contribution is -2.11. The first-order valence-electron chi connectivity index (χ1n) is 3.95. The molecule has 0 spiro atoms. The molecule has 3 nitrogen and oxygen atoms in total. The minimum atomic E-state index is -2.05. The molecule has 13 heavy (non-hydrogen) atoms. The summed E-state index contributed by atoms with van der Waals surface area (Å²) in [5, 5.41) is 1.66. The molecule has 0 aliphatic rings. The van der Waals surface area contributed by atoms with E-state index in [1.165, 1.54) is 0 Å². The van der Waals surface area contributed by atoms with Crippen LogP contribution in [0.15, 0.2) is 24.3 Å². The van der Waals surface area contributed by atoms with Crippen molar-refractivity contribution in [3.63, 3.8) is 0 Å². The Hall–Kier alpha value is -1.16. The van der Waals surface area contributed by atoms with Gasteiger partial charge >= 0.3 is 0 Å². The number of nitrogen functional groups attached to an aromatic ring is 1. The Labute approximate surface area is 79.1 Å². The fraction of sp³-hybridized carbons (Fsp3) is 0.222. The van der Waals surface area contributed by atoms with Gasteiger partial charge in [-0.1, -0.05) is 0 Å². The first-order valence-corrected chi connectivity index (χ1v) is 5.98. The number of rotatable bonds is 2. The summed E-state index contributed by atoms with van der Waals surface area (Å²) < 4.78 is 14.5. The quantitative estimate of drug-likeness (QED) is 0.556. The maximum atomic E-state index is 11.6. The normalized spacial score (nSPS) is 14.6. The predicted octanol–water partition coefficient (Wildman–Crippen LogP) is 1.33. The van der Waals surface area contributed by atoms with E-state index in [0.29, 0.717) is 5.69 Å². The number of nitrogens with one attached hydrogen (secondary N) is 1. The monoisotopic (exact) mass is 198 g/mol. The molecule has 1 aromatic carbocycles. The van der Waals surface area contributed by atoms with Gasteiger partial charge in [0.2, 0.25) is 0 Å². The lowest BCUT2D eigenvalue weighted by Gasteiger charge is -2.08. The van der Waals surface area contributed by atoms with E-state index in [-0.39, 0.29) is 0 Å². The maximum absolute atomic E-state index is 11.6. The van der Waals surface area contributed by atoms with E-state index in [9.17, 15) is 4.21 Å². The standard InChI is InChI=1S/C9H14N2OS/c1-3-13(2,12)11-9-6-4-8(10)5-7-9/h3-7H,10H2,1-2H3,(H,11,12). The molecular formula is C9H14N2OS. The largest absolute Gasteiger partial charge is 0.399 e. The van der Waals surface area contributed by atoms with Crippen molar-refractivity contribution in [2.75, 3.05) is 16.7 Å². The van der Waals surface area contributed by atoms with E-state index in [1.54, 1.807) is 30.7 Å². The van der Waals surface area contributed by atoms with Gasteiger partial charge in [0.15, 0.2) is 0 Å². The maximum Gasteiger partial charge on any atom is 0.0458 e. The Balaban J connectivity index is 2.88. The van der Waals surface area contributed by atoms with Crippen molar-refractivity contribution in [2.45, 2.75) is 6.92 Å². The lowest BCUT2D eigenvalue weighted by atomic mass is 10.3. The second kappa shape index (κ2) is 3.70. The first kappa shape index (κ1) is 9.92. The van der Waals surface area contributed by atoms with Crippen LogP contribution in [0.3, 0.4) is 0 Å². The summed E-state index contributed by atoms with van der Waals surface area (Å²) in [7, 11) is -2.05. The van der Waals surface area contributed by atoms with Crippen LogP contribution < -0.4 is 10.5 Å². The molecule has 3 N–H and O–H groups in total. The molecule has 72 valence electrons. The van der Waals surface area contributed by atoms with Gasteiger partial charge in [-0.2, -0.15) is 0 Å². The molecule has 0 fully saturated rings. The van der Waals surface area contributed by atoms with E-state index < -0.39 is 9.71 Å². The van der Waals surface area contributed by atoms with Crippen LogP contribution in [0.2, 0.25) is 0 Å². The third kappa shape index (κ3) is 2.99. The Morgan fingerprint density at radius 3 is 2.38 bits per heavy atom. The molecule has 0 aromatic heterocycles. The van der Waals surface area contributed by atoms with Crippen molar-refractivity contribution in [3.05, 3.63) is 24.3 Å². The van der Waals surface area contributed by atoms with Crippen molar-refractivity contribution in [2.24, 2.45) is 0 Å². The average molecular weight is 198 g/mol. The van der Waals surface area contributed by atoms with Crippen LogP contribution in [0.25, 0.3) is 0 Å². The van der Waals surface area contributed by atoms with E-state index in [1.807, 2.05) is 12.1 Å².